The molecule has 106 valence electrons. The Morgan fingerprint density at radius 3 is 2.80 bits per heavy atom. The molecule has 0 aliphatic heterocycles. The Labute approximate surface area is 116 Å². The van der Waals surface area contributed by atoms with E-state index in [4.69, 9.17) is 4.74 Å². The number of hydrogen-bond acceptors (Lipinski definition) is 4. The van der Waals surface area contributed by atoms with Crippen molar-refractivity contribution in [2.45, 2.75) is 19.6 Å². The highest BCUT2D eigenvalue weighted by molar-refractivity contribution is 5.43. The number of benzene rings is 1. The molecule has 0 bridgehead atoms. The summed E-state index contributed by atoms with van der Waals surface area (Å²) in [6.07, 6.45) is 1.23. The summed E-state index contributed by atoms with van der Waals surface area (Å²) in [5.74, 6) is 0.444. The van der Waals surface area contributed by atoms with Crippen LogP contribution in [0.1, 0.15) is 24.3 Å². The fraction of sp³-hybridized carbons (Fsp3) is 0.286. The summed E-state index contributed by atoms with van der Waals surface area (Å²) in [7, 11) is 1.47. The summed E-state index contributed by atoms with van der Waals surface area (Å²) in [4.78, 5) is 10.5. The number of aromatic nitrogens is 1. The van der Waals surface area contributed by atoms with Gasteiger partial charge in [0.1, 0.15) is 5.75 Å². The fourth-order valence-electron chi connectivity index (χ4n) is 2.11. The molecule has 1 atom stereocenters. The number of ether oxygens (including phenoxy) is 1. The number of nitro groups is 1. The molecule has 1 heterocycles. The van der Waals surface area contributed by atoms with Gasteiger partial charge in [0.05, 0.1) is 24.2 Å². The largest absolute Gasteiger partial charge is 0.496 e. The third-order valence-corrected chi connectivity index (χ3v) is 3.04. The zero-order valence-electron chi connectivity index (χ0n) is 11.3. The number of methoxy groups -OCH3 is 1. The first-order chi connectivity index (χ1) is 9.51. The fourth-order valence-corrected chi connectivity index (χ4v) is 2.11. The van der Waals surface area contributed by atoms with E-state index in [0.29, 0.717) is 12.3 Å². The zero-order chi connectivity index (χ0) is 14.7. The molecule has 2 rings (SSSR count). The first-order valence-corrected chi connectivity index (χ1v) is 6.16. The normalized spacial score (nSPS) is 12.2. The van der Waals surface area contributed by atoms with Crippen molar-refractivity contribution in [2.24, 2.45) is 0 Å². The summed E-state index contributed by atoms with van der Waals surface area (Å²) < 4.78 is 6.93. The van der Waals surface area contributed by atoms with Crippen molar-refractivity contribution in [1.82, 2.24) is 4.57 Å². The molecule has 0 amide bonds. The Hall–Kier alpha value is -2.34. The van der Waals surface area contributed by atoms with Crippen LogP contribution in [0.15, 0.2) is 36.5 Å². The van der Waals surface area contributed by atoms with E-state index in [1.54, 1.807) is 13.0 Å². The van der Waals surface area contributed by atoms with Gasteiger partial charge >= 0.3 is 0 Å². The maximum atomic E-state index is 10.9. The second-order valence-electron chi connectivity index (χ2n) is 4.53. The van der Waals surface area contributed by atoms with Crippen LogP contribution in [0.4, 0.5) is 5.69 Å². The van der Waals surface area contributed by atoms with Gasteiger partial charge in [0.15, 0.2) is 0 Å². The molecule has 0 radical (unpaired) electrons. The maximum Gasteiger partial charge on any atom is 0.273 e. The molecule has 6 heteroatoms. The molecule has 0 aliphatic rings. The molecule has 2 aromatic rings. The lowest BCUT2D eigenvalue weighted by Crippen LogP contribution is -2.06. The van der Waals surface area contributed by atoms with Crippen molar-refractivity contribution >= 4 is 5.69 Å². The van der Waals surface area contributed by atoms with E-state index in [1.807, 2.05) is 22.9 Å². The Balaban J connectivity index is 2.35. The lowest BCUT2D eigenvalue weighted by atomic mass is 10.1. The minimum absolute atomic E-state index is 0.00916. The van der Waals surface area contributed by atoms with Gasteiger partial charge in [-0.05, 0) is 30.7 Å². The molecule has 20 heavy (non-hydrogen) atoms. The first-order valence-electron chi connectivity index (χ1n) is 6.16. The molecule has 6 nitrogen and oxygen atoms in total. The van der Waals surface area contributed by atoms with Crippen LogP contribution in [0.2, 0.25) is 0 Å². The number of aliphatic hydroxyl groups excluding tert-OH is 1. The van der Waals surface area contributed by atoms with Crippen molar-refractivity contribution in [1.29, 1.82) is 0 Å². The van der Waals surface area contributed by atoms with E-state index in [1.165, 1.54) is 19.2 Å². The monoisotopic (exact) mass is 276 g/mol. The van der Waals surface area contributed by atoms with E-state index >= 15 is 0 Å². The van der Waals surface area contributed by atoms with Crippen LogP contribution in [-0.4, -0.2) is 21.7 Å². The third kappa shape index (κ3) is 2.97. The smallest absolute Gasteiger partial charge is 0.273 e. The Morgan fingerprint density at radius 1 is 1.45 bits per heavy atom. The number of aliphatic hydroxyl groups is 1. The Bertz CT molecular complexity index is 619. The molecular weight excluding hydrogens is 260 g/mol. The maximum absolute atomic E-state index is 10.9. The van der Waals surface area contributed by atoms with Gasteiger partial charge in [-0.25, -0.2) is 0 Å². The highest BCUT2D eigenvalue weighted by Gasteiger charge is 2.12. The molecule has 0 aliphatic carbocycles. The minimum Gasteiger partial charge on any atom is -0.496 e. The lowest BCUT2D eigenvalue weighted by Gasteiger charge is -2.12. The van der Waals surface area contributed by atoms with Gasteiger partial charge in [0.25, 0.3) is 5.69 Å². The number of non-ortho nitro benzene ring substituents is 1. The van der Waals surface area contributed by atoms with Crippen LogP contribution in [0, 0.1) is 10.1 Å². The van der Waals surface area contributed by atoms with Gasteiger partial charge in [0, 0.05) is 24.5 Å². The second kappa shape index (κ2) is 5.75. The molecular formula is C14H16N2O4. The molecule has 1 aromatic carbocycles. The Kier molecular flexibility index (Phi) is 4.05. The van der Waals surface area contributed by atoms with E-state index in [2.05, 4.69) is 0 Å². The van der Waals surface area contributed by atoms with E-state index in [-0.39, 0.29) is 5.69 Å². The molecule has 0 saturated heterocycles. The molecule has 0 spiro atoms. The average Bonchev–Trinajstić information content (AvgIpc) is 2.86. The summed E-state index contributed by atoms with van der Waals surface area (Å²) in [6, 6.07) is 8.29. The summed E-state index contributed by atoms with van der Waals surface area (Å²) in [5, 5.41) is 20.6. The predicted molar refractivity (Wildman–Crippen MR) is 73.8 cm³/mol. The molecule has 1 N–H and O–H groups in total. The summed E-state index contributed by atoms with van der Waals surface area (Å²) >= 11 is 0. The van der Waals surface area contributed by atoms with Crippen molar-refractivity contribution < 1.29 is 14.8 Å². The van der Waals surface area contributed by atoms with Crippen LogP contribution < -0.4 is 4.74 Å². The molecule has 1 unspecified atom stereocenters. The molecule has 1 aromatic heterocycles. The second-order valence-corrected chi connectivity index (χ2v) is 4.53. The standard InChI is InChI=1S/C14H16N2O4/c1-10(17)14-4-3-5-15(14)9-11-6-12(16(18)19)8-13(7-11)20-2/h3-8,10,17H,9H2,1-2H3. The van der Waals surface area contributed by atoms with Crippen LogP contribution in [0.3, 0.4) is 0 Å². The van der Waals surface area contributed by atoms with Gasteiger partial charge in [0.2, 0.25) is 0 Å². The number of rotatable bonds is 5. The summed E-state index contributed by atoms with van der Waals surface area (Å²) in [6.45, 7) is 2.12. The third-order valence-electron chi connectivity index (χ3n) is 3.04. The summed E-state index contributed by atoms with van der Waals surface area (Å²) in [5.41, 5.74) is 1.50. The minimum atomic E-state index is -0.592. The van der Waals surface area contributed by atoms with Crippen LogP contribution >= 0.6 is 0 Å². The highest BCUT2D eigenvalue weighted by Crippen LogP contribution is 2.24. The SMILES string of the molecule is COc1cc(Cn2cccc2C(C)O)cc([N+](=O)[O-])c1. The lowest BCUT2D eigenvalue weighted by molar-refractivity contribution is -0.385. The number of hydrogen-bond donors (Lipinski definition) is 1. The van der Waals surface area contributed by atoms with Gasteiger partial charge in [-0.2, -0.15) is 0 Å². The molecule has 0 saturated carbocycles. The Morgan fingerprint density at radius 2 is 2.20 bits per heavy atom. The van der Waals surface area contributed by atoms with Crippen LogP contribution in [0.25, 0.3) is 0 Å². The highest BCUT2D eigenvalue weighted by atomic mass is 16.6. The van der Waals surface area contributed by atoms with Gasteiger partial charge < -0.3 is 14.4 Å². The first kappa shape index (κ1) is 14.1. The van der Waals surface area contributed by atoms with E-state index < -0.39 is 11.0 Å². The van der Waals surface area contributed by atoms with Crippen LogP contribution in [0.5, 0.6) is 5.75 Å². The van der Waals surface area contributed by atoms with Crippen LogP contribution in [-0.2, 0) is 6.54 Å². The van der Waals surface area contributed by atoms with Crippen molar-refractivity contribution in [3.8, 4) is 5.75 Å². The van der Waals surface area contributed by atoms with Crippen molar-refractivity contribution in [3.05, 3.63) is 57.9 Å². The molecule has 0 fully saturated rings. The number of nitro benzene ring substituents is 1. The van der Waals surface area contributed by atoms with Crippen molar-refractivity contribution in [3.63, 3.8) is 0 Å². The van der Waals surface area contributed by atoms with Gasteiger partial charge in [-0.1, -0.05) is 0 Å². The van der Waals surface area contributed by atoms with E-state index in [0.717, 1.165) is 11.3 Å². The average molecular weight is 276 g/mol. The van der Waals surface area contributed by atoms with Gasteiger partial charge in [-0.3, -0.25) is 10.1 Å². The quantitative estimate of drug-likeness (QED) is 0.672. The predicted octanol–water partition coefficient (Wildman–Crippen LogP) is 2.51. The van der Waals surface area contributed by atoms with Crippen molar-refractivity contribution in [2.75, 3.05) is 7.11 Å². The zero-order valence-corrected chi connectivity index (χ0v) is 11.3. The number of nitrogens with zero attached hydrogens (tertiary/aromatic N) is 2. The van der Waals surface area contributed by atoms with Gasteiger partial charge in [-0.15, -0.1) is 0 Å². The van der Waals surface area contributed by atoms with E-state index in [9.17, 15) is 15.2 Å². The topological polar surface area (TPSA) is 77.5 Å².